The molecule has 6 heteroatoms. The van der Waals surface area contributed by atoms with E-state index in [1.807, 2.05) is 30.3 Å². The minimum atomic E-state index is 0.255. The number of nitrogens with zero attached hydrogens (tertiary/aromatic N) is 2. The molecule has 172 valence electrons. The zero-order valence-electron chi connectivity index (χ0n) is 19.0. The molecule has 1 saturated heterocycles. The van der Waals surface area contributed by atoms with E-state index in [2.05, 4.69) is 35.0 Å². The van der Waals surface area contributed by atoms with E-state index < -0.39 is 0 Å². The van der Waals surface area contributed by atoms with Crippen molar-refractivity contribution >= 4 is 5.70 Å². The zero-order chi connectivity index (χ0) is 22.5. The number of benzene rings is 1. The maximum Gasteiger partial charge on any atom is 0.130 e. The molecule has 33 heavy (non-hydrogen) atoms. The van der Waals surface area contributed by atoms with Gasteiger partial charge in [0.05, 0.1) is 36.6 Å². The molecule has 0 amide bonds. The first-order valence-electron chi connectivity index (χ1n) is 11.7. The highest BCUT2D eigenvalue weighted by molar-refractivity contribution is 5.69. The molecule has 0 saturated carbocycles. The molecule has 0 aliphatic carbocycles. The number of hydrogen-bond acceptors (Lipinski definition) is 6. The van der Waals surface area contributed by atoms with Crippen LogP contribution in [0.15, 0.2) is 65.5 Å². The highest BCUT2D eigenvalue weighted by Gasteiger charge is 2.22. The summed E-state index contributed by atoms with van der Waals surface area (Å²) in [6.45, 7) is 5.56. The number of pyridine rings is 1. The van der Waals surface area contributed by atoms with Crippen LogP contribution in [0, 0.1) is 0 Å². The van der Waals surface area contributed by atoms with Crippen molar-refractivity contribution in [2.75, 3.05) is 26.5 Å². The molecule has 2 aromatic heterocycles. The topological polar surface area (TPSA) is 57.0 Å². The Kier molecular flexibility index (Phi) is 6.74. The zero-order valence-corrected chi connectivity index (χ0v) is 19.0. The van der Waals surface area contributed by atoms with Crippen LogP contribution in [-0.4, -0.2) is 42.5 Å². The summed E-state index contributed by atoms with van der Waals surface area (Å²) in [7, 11) is 0. The Morgan fingerprint density at radius 1 is 1.21 bits per heavy atom. The van der Waals surface area contributed by atoms with Gasteiger partial charge in [0.25, 0.3) is 0 Å². The normalized spacial score (nSPS) is 19.1. The van der Waals surface area contributed by atoms with Crippen molar-refractivity contribution < 1.29 is 18.6 Å². The summed E-state index contributed by atoms with van der Waals surface area (Å²) in [5, 5.41) is 0. The Bertz CT molecular complexity index is 1090. The summed E-state index contributed by atoms with van der Waals surface area (Å²) in [4.78, 5) is 7.00. The predicted octanol–water partition coefficient (Wildman–Crippen LogP) is 5.29. The van der Waals surface area contributed by atoms with Gasteiger partial charge in [0.15, 0.2) is 0 Å². The second-order valence-corrected chi connectivity index (χ2v) is 8.46. The number of allylic oxidation sites excluding steroid dienone is 1. The Morgan fingerprint density at radius 2 is 2.18 bits per heavy atom. The van der Waals surface area contributed by atoms with Crippen LogP contribution in [-0.2, 0) is 22.5 Å². The molecule has 3 aromatic rings. The van der Waals surface area contributed by atoms with E-state index in [-0.39, 0.29) is 6.10 Å². The number of furan rings is 1. The third kappa shape index (κ3) is 5.13. The Balaban J connectivity index is 1.21. The summed E-state index contributed by atoms with van der Waals surface area (Å²) in [6.07, 6.45) is 8.98. The monoisotopic (exact) mass is 446 g/mol. The lowest BCUT2D eigenvalue weighted by Crippen LogP contribution is -2.32. The van der Waals surface area contributed by atoms with Crippen molar-refractivity contribution in [3.63, 3.8) is 0 Å². The van der Waals surface area contributed by atoms with E-state index in [1.54, 1.807) is 12.5 Å². The maximum absolute atomic E-state index is 6.09. The summed E-state index contributed by atoms with van der Waals surface area (Å²) in [5.74, 6) is 0.864. The van der Waals surface area contributed by atoms with Crippen LogP contribution in [0.1, 0.15) is 36.6 Å². The first kappa shape index (κ1) is 21.7. The van der Waals surface area contributed by atoms with Gasteiger partial charge in [-0.3, -0.25) is 0 Å². The number of fused-ring (bicyclic) bond motifs is 1. The van der Waals surface area contributed by atoms with Gasteiger partial charge in [0.2, 0.25) is 0 Å². The molecule has 0 radical (unpaired) electrons. The number of hydrogen-bond donors (Lipinski definition) is 0. The van der Waals surface area contributed by atoms with Gasteiger partial charge in [-0.1, -0.05) is 12.1 Å². The van der Waals surface area contributed by atoms with Crippen molar-refractivity contribution in [2.45, 2.75) is 38.9 Å². The first-order valence-corrected chi connectivity index (χ1v) is 11.7. The van der Waals surface area contributed by atoms with Crippen LogP contribution in [0.5, 0.6) is 5.75 Å². The summed E-state index contributed by atoms with van der Waals surface area (Å²) >= 11 is 0. The molecular weight excluding hydrogens is 416 g/mol. The van der Waals surface area contributed by atoms with E-state index in [1.165, 1.54) is 16.8 Å². The molecule has 0 N–H and O–H groups in total. The minimum absolute atomic E-state index is 0.255. The van der Waals surface area contributed by atoms with Gasteiger partial charge in [-0.05, 0) is 68.1 Å². The van der Waals surface area contributed by atoms with Gasteiger partial charge in [-0.15, -0.1) is 0 Å². The Hall–Kier alpha value is -3.09. The SMILES string of the molecule is C/C=C1/c2ccc(OCc3cccc(-c4ccoc4)n3)cc2CCN1COCC1CCCO1. The number of rotatable bonds is 8. The molecule has 2 aliphatic rings. The van der Waals surface area contributed by atoms with Crippen molar-refractivity contribution in [2.24, 2.45) is 0 Å². The molecular formula is C27H30N2O4. The molecule has 1 unspecified atom stereocenters. The maximum atomic E-state index is 6.09. The van der Waals surface area contributed by atoms with Gasteiger partial charge in [-0.25, -0.2) is 4.98 Å². The highest BCUT2D eigenvalue weighted by Crippen LogP contribution is 2.31. The highest BCUT2D eigenvalue weighted by atomic mass is 16.5. The Morgan fingerprint density at radius 3 is 3.00 bits per heavy atom. The van der Waals surface area contributed by atoms with Gasteiger partial charge in [0, 0.05) is 30.0 Å². The van der Waals surface area contributed by atoms with E-state index in [0.29, 0.717) is 19.9 Å². The molecule has 1 atom stereocenters. The molecule has 4 heterocycles. The fraction of sp³-hybridized carbons (Fsp3) is 0.370. The fourth-order valence-corrected chi connectivity index (χ4v) is 4.49. The average molecular weight is 447 g/mol. The van der Waals surface area contributed by atoms with Crippen molar-refractivity contribution in [1.82, 2.24) is 9.88 Å². The third-order valence-corrected chi connectivity index (χ3v) is 6.20. The molecule has 1 fully saturated rings. The van der Waals surface area contributed by atoms with E-state index in [9.17, 15) is 0 Å². The van der Waals surface area contributed by atoms with Crippen LogP contribution < -0.4 is 4.74 Å². The number of ether oxygens (including phenoxy) is 3. The lowest BCUT2D eigenvalue weighted by atomic mass is 9.96. The third-order valence-electron chi connectivity index (χ3n) is 6.20. The lowest BCUT2D eigenvalue weighted by molar-refractivity contribution is -0.0126. The molecule has 0 spiro atoms. The lowest BCUT2D eigenvalue weighted by Gasteiger charge is -2.33. The summed E-state index contributed by atoms with van der Waals surface area (Å²) < 4.78 is 22.9. The molecule has 5 rings (SSSR count). The van der Waals surface area contributed by atoms with Crippen LogP contribution >= 0.6 is 0 Å². The van der Waals surface area contributed by atoms with Gasteiger partial charge >= 0.3 is 0 Å². The first-order chi connectivity index (χ1) is 16.3. The van der Waals surface area contributed by atoms with Crippen LogP contribution in [0.2, 0.25) is 0 Å². The van der Waals surface area contributed by atoms with Crippen LogP contribution in [0.25, 0.3) is 17.0 Å². The van der Waals surface area contributed by atoms with Gasteiger partial charge in [0.1, 0.15) is 19.1 Å². The molecule has 6 nitrogen and oxygen atoms in total. The minimum Gasteiger partial charge on any atom is -0.487 e. The molecule has 2 aliphatic heterocycles. The van der Waals surface area contributed by atoms with E-state index >= 15 is 0 Å². The molecule has 1 aromatic carbocycles. The van der Waals surface area contributed by atoms with Gasteiger partial charge < -0.3 is 23.5 Å². The van der Waals surface area contributed by atoms with Crippen LogP contribution in [0.4, 0.5) is 0 Å². The fourth-order valence-electron chi connectivity index (χ4n) is 4.49. The number of aromatic nitrogens is 1. The van der Waals surface area contributed by atoms with Crippen molar-refractivity contribution in [3.05, 3.63) is 77.9 Å². The predicted molar refractivity (Wildman–Crippen MR) is 127 cm³/mol. The van der Waals surface area contributed by atoms with Crippen molar-refractivity contribution in [3.8, 4) is 17.0 Å². The van der Waals surface area contributed by atoms with Gasteiger partial charge in [-0.2, -0.15) is 0 Å². The Labute approximate surface area is 194 Å². The quantitative estimate of drug-likeness (QED) is 0.468. The average Bonchev–Trinajstić information content (AvgIpc) is 3.57. The van der Waals surface area contributed by atoms with E-state index in [4.69, 9.17) is 18.6 Å². The largest absolute Gasteiger partial charge is 0.487 e. The van der Waals surface area contributed by atoms with Crippen molar-refractivity contribution in [1.29, 1.82) is 0 Å². The van der Waals surface area contributed by atoms with Crippen LogP contribution in [0.3, 0.4) is 0 Å². The second-order valence-electron chi connectivity index (χ2n) is 8.46. The van der Waals surface area contributed by atoms with E-state index in [0.717, 1.165) is 55.1 Å². The summed E-state index contributed by atoms with van der Waals surface area (Å²) in [5.41, 5.74) is 6.50. The second kappa shape index (κ2) is 10.2. The standard InChI is InChI=1S/C27H30N2O4/c1-2-27-25-9-8-23(33-17-22-5-3-7-26(28-22)21-11-14-30-16-21)15-20(25)10-12-29(27)19-31-18-24-6-4-13-32-24/h2-3,5,7-9,11,14-16,24H,4,6,10,12-13,17-19H2,1H3/b27-2-. The summed E-state index contributed by atoms with van der Waals surface area (Å²) in [6, 6.07) is 14.2. The smallest absolute Gasteiger partial charge is 0.130 e. The molecule has 0 bridgehead atoms.